The second kappa shape index (κ2) is 9.82. The molecule has 6 nitrogen and oxygen atoms in total. The van der Waals surface area contributed by atoms with E-state index >= 15 is 0 Å². The minimum atomic E-state index is -4.50. The highest BCUT2D eigenvalue weighted by atomic mass is 32.2. The van der Waals surface area contributed by atoms with Gasteiger partial charge in [-0.1, -0.05) is 12.5 Å². The first-order chi connectivity index (χ1) is 15.0. The number of hydrogen-bond acceptors (Lipinski definition) is 4. The average Bonchev–Trinajstić information content (AvgIpc) is 3.60. The molecule has 0 radical (unpaired) electrons. The summed E-state index contributed by atoms with van der Waals surface area (Å²) in [6.45, 7) is 1.17. The number of ether oxygens (including phenoxy) is 1. The molecule has 1 saturated carbocycles. The zero-order valence-electron chi connectivity index (χ0n) is 18.3. The Morgan fingerprint density at radius 2 is 1.91 bits per heavy atom. The highest BCUT2D eigenvalue weighted by Crippen LogP contribution is 2.36. The van der Waals surface area contributed by atoms with Crippen LogP contribution in [0, 0.1) is 5.92 Å². The number of amides is 1. The van der Waals surface area contributed by atoms with Crippen molar-refractivity contribution in [1.29, 1.82) is 0 Å². The molecule has 0 N–H and O–H groups in total. The standard InChI is InChI=1S/C22H29F3N2O4S/c1-16(18-8-9-18)27(15-22(23,24)25)21(28)11-7-17-6-10-19(31-2)20(14-17)32(29,30)26-12-4-3-5-13-26/h6-7,10-11,14,16,18H,3-5,8-9,12-13,15H2,1-2H3/b11-7+. The Morgan fingerprint density at radius 3 is 2.47 bits per heavy atom. The normalized spacial score (nSPS) is 19.2. The Hall–Kier alpha value is -2.07. The van der Waals surface area contributed by atoms with Crippen LogP contribution in [-0.4, -0.2) is 62.5 Å². The van der Waals surface area contributed by atoms with E-state index in [1.54, 1.807) is 13.0 Å². The van der Waals surface area contributed by atoms with Gasteiger partial charge in [-0.25, -0.2) is 8.42 Å². The number of methoxy groups -OCH3 is 1. The van der Waals surface area contributed by atoms with E-state index in [4.69, 9.17) is 4.74 Å². The SMILES string of the molecule is COc1ccc(/C=C/C(=O)N(CC(F)(F)F)C(C)C2CC2)cc1S(=O)(=O)N1CCCCC1. The van der Waals surface area contributed by atoms with E-state index in [-0.39, 0.29) is 16.6 Å². The molecule has 1 aliphatic carbocycles. The maximum absolute atomic E-state index is 13.1. The van der Waals surface area contributed by atoms with Crippen molar-refractivity contribution in [3.05, 3.63) is 29.8 Å². The topological polar surface area (TPSA) is 66.9 Å². The molecule has 2 fully saturated rings. The number of halogens is 3. The molecule has 1 amide bonds. The van der Waals surface area contributed by atoms with Crippen molar-refractivity contribution in [1.82, 2.24) is 9.21 Å². The van der Waals surface area contributed by atoms with Crippen molar-refractivity contribution in [3.8, 4) is 5.75 Å². The van der Waals surface area contributed by atoms with Gasteiger partial charge in [0.2, 0.25) is 15.9 Å². The fraction of sp³-hybridized carbons (Fsp3) is 0.591. The summed E-state index contributed by atoms with van der Waals surface area (Å²) in [5.41, 5.74) is 0.390. The van der Waals surface area contributed by atoms with Gasteiger partial charge in [-0.05, 0) is 62.3 Å². The van der Waals surface area contributed by atoms with Crippen molar-refractivity contribution >= 4 is 22.0 Å². The van der Waals surface area contributed by atoms with Crippen LogP contribution in [0.2, 0.25) is 0 Å². The number of rotatable bonds is 8. The summed E-state index contributed by atoms with van der Waals surface area (Å²) in [6.07, 6.45) is 2.08. The Labute approximate surface area is 187 Å². The molecule has 1 aromatic carbocycles. The molecular formula is C22H29F3N2O4S. The quantitative estimate of drug-likeness (QED) is 0.533. The van der Waals surface area contributed by atoms with Crippen LogP contribution in [0.1, 0.15) is 44.6 Å². The maximum atomic E-state index is 13.1. The molecule has 0 aromatic heterocycles. The summed E-state index contributed by atoms with van der Waals surface area (Å²) in [4.78, 5) is 13.4. The lowest BCUT2D eigenvalue weighted by Gasteiger charge is -2.29. The minimum absolute atomic E-state index is 0.0185. The zero-order valence-corrected chi connectivity index (χ0v) is 19.1. The lowest BCUT2D eigenvalue weighted by Crippen LogP contribution is -2.44. The third-order valence-corrected chi connectivity index (χ3v) is 7.89. The first-order valence-corrected chi connectivity index (χ1v) is 12.2. The summed E-state index contributed by atoms with van der Waals surface area (Å²) < 4.78 is 71.9. The fourth-order valence-electron chi connectivity index (χ4n) is 3.96. The van der Waals surface area contributed by atoms with Crippen LogP contribution in [0.3, 0.4) is 0 Å². The monoisotopic (exact) mass is 474 g/mol. The first kappa shape index (κ1) is 24.6. The van der Waals surface area contributed by atoms with Crippen molar-refractivity contribution in [2.24, 2.45) is 5.92 Å². The van der Waals surface area contributed by atoms with Crippen molar-refractivity contribution in [2.75, 3.05) is 26.7 Å². The van der Waals surface area contributed by atoms with Gasteiger partial charge < -0.3 is 9.64 Å². The third kappa shape index (κ3) is 6.04. The molecule has 1 atom stereocenters. The number of hydrogen-bond donors (Lipinski definition) is 0. The molecule has 178 valence electrons. The van der Waals surface area contributed by atoms with E-state index in [1.807, 2.05) is 0 Å². The molecule has 10 heteroatoms. The number of sulfonamides is 1. The molecule has 1 unspecified atom stereocenters. The molecule has 2 aliphatic rings. The smallest absolute Gasteiger partial charge is 0.406 e. The maximum Gasteiger partial charge on any atom is 0.406 e. The van der Waals surface area contributed by atoms with Crippen LogP contribution in [0.25, 0.3) is 6.08 Å². The molecule has 1 aromatic rings. The fourth-order valence-corrected chi connectivity index (χ4v) is 5.66. The van der Waals surface area contributed by atoms with Crippen LogP contribution in [0.15, 0.2) is 29.2 Å². The van der Waals surface area contributed by atoms with E-state index < -0.39 is 34.7 Å². The van der Waals surface area contributed by atoms with Gasteiger partial charge in [0.05, 0.1) is 7.11 Å². The van der Waals surface area contributed by atoms with Gasteiger partial charge in [0.25, 0.3) is 0 Å². The van der Waals surface area contributed by atoms with E-state index in [1.165, 1.54) is 29.6 Å². The predicted octanol–water partition coefficient (Wildman–Crippen LogP) is 4.07. The van der Waals surface area contributed by atoms with Gasteiger partial charge in [-0.15, -0.1) is 0 Å². The van der Waals surface area contributed by atoms with Gasteiger partial charge in [-0.3, -0.25) is 4.79 Å². The summed E-state index contributed by atoms with van der Waals surface area (Å²) in [5.74, 6) is -0.491. The van der Waals surface area contributed by atoms with Gasteiger partial charge >= 0.3 is 6.18 Å². The Morgan fingerprint density at radius 1 is 1.25 bits per heavy atom. The zero-order chi connectivity index (χ0) is 23.5. The summed E-state index contributed by atoms with van der Waals surface area (Å²) in [7, 11) is -2.42. The van der Waals surface area contributed by atoms with E-state index in [2.05, 4.69) is 0 Å². The van der Waals surface area contributed by atoms with Crippen molar-refractivity contribution < 1.29 is 31.1 Å². The summed E-state index contributed by atoms with van der Waals surface area (Å²) in [5, 5.41) is 0. The van der Waals surface area contributed by atoms with Crippen LogP contribution >= 0.6 is 0 Å². The number of alkyl halides is 3. The van der Waals surface area contributed by atoms with E-state index in [0.717, 1.165) is 43.1 Å². The number of benzene rings is 1. The summed E-state index contributed by atoms with van der Waals surface area (Å²) in [6, 6.07) is 3.93. The van der Waals surface area contributed by atoms with Crippen LogP contribution in [0.4, 0.5) is 13.2 Å². The number of piperidine rings is 1. The largest absolute Gasteiger partial charge is 0.495 e. The van der Waals surface area contributed by atoms with Crippen LogP contribution < -0.4 is 4.74 Å². The lowest BCUT2D eigenvalue weighted by atomic mass is 10.1. The van der Waals surface area contributed by atoms with E-state index in [0.29, 0.717) is 18.7 Å². The second-order valence-electron chi connectivity index (χ2n) is 8.37. The van der Waals surface area contributed by atoms with Crippen LogP contribution in [-0.2, 0) is 14.8 Å². The van der Waals surface area contributed by atoms with Crippen molar-refractivity contribution in [3.63, 3.8) is 0 Å². The average molecular weight is 475 g/mol. The molecule has 1 aliphatic heterocycles. The van der Waals surface area contributed by atoms with Gasteiger partial charge in [0.15, 0.2) is 0 Å². The minimum Gasteiger partial charge on any atom is -0.495 e. The highest BCUT2D eigenvalue weighted by molar-refractivity contribution is 7.89. The van der Waals surface area contributed by atoms with Crippen molar-refractivity contribution in [2.45, 2.75) is 56.1 Å². The number of carbonyl (C=O) groups excluding carboxylic acids is 1. The number of nitrogens with zero attached hydrogens (tertiary/aromatic N) is 2. The predicted molar refractivity (Wildman–Crippen MR) is 115 cm³/mol. The second-order valence-corrected chi connectivity index (χ2v) is 10.3. The molecule has 1 saturated heterocycles. The third-order valence-electron chi connectivity index (χ3n) is 5.97. The van der Waals surface area contributed by atoms with Gasteiger partial charge in [-0.2, -0.15) is 17.5 Å². The van der Waals surface area contributed by atoms with Crippen LogP contribution in [0.5, 0.6) is 5.75 Å². The Bertz CT molecular complexity index is 952. The first-order valence-electron chi connectivity index (χ1n) is 10.8. The van der Waals surface area contributed by atoms with Gasteiger partial charge in [0.1, 0.15) is 17.2 Å². The molecular weight excluding hydrogens is 445 g/mol. The molecule has 0 spiro atoms. The number of carbonyl (C=O) groups is 1. The lowest BCUT2D eigenvalue weighted by molar-refractivity contribution is -0.162. The van der Waals surface area contributed by atoms with E-state index in [9.17, 15) is 26.4 Å². The molecule has 1 heterocycles. The molecule has 0 bridgehead atoms. The molecule has 32 heavy (non-hydrogen) atoms. The van der Waals surface area contributed by atoms with Gasteiger partial charge in [0, 0.05) is 25.2 Å². The Balaban J connectivity index is 1.84. The Kier molecular flexibility index (Phi) is 7.54. The molecule has 3 rings (SSSR count). The summed E-state index contributed by atoms with van der Waals surface area (Å²) >= 11 is 0. The highest BCUT2D eigenvalue weighted by Gasteiger charge is 2.40.